The average molecular weight is 372 g/mol. The maximum absolute atomic E-state index is 12.3. The Labute approximate surface area is 155 Å². The van der Waals surface area contributed by atoms with Gasteiger partial charge in [0, 0.05) is 17.8 Å². The zero-order valence-corrected chi connectivity index (χ0v) is 14.8. The van der Waals surface area contributed by atoms with Gasteiger partial charge in [-0.05, 0) is 55.2 Å². The molecule has 26 heavy (non-hydrogen) atoms. The van der Waals surface area contributed by atoms with Crippen LogP contribution in [-0.2, 0) is 13.2 Å². The molecule has 1 N–H and O–H groups in total. The number of benzene rings is 1. The third-order valence-electron chi connectivity index (χ3n) is 4.11. The number of carbonyl (C=O) groups excluding carboxylic acids is 1. The Balaban J connectivity index is 1.32. The van der Waals surface area contributed by atoms with Gasteiger partial charge in [-0.15, -0.1) is 0 Å². The molecule has 1 aromatic carbocycles. The fourth-order valence-electron chi connectivity index (χ4n) is 2.55. The Morgan fingerprint density at radius 1 is 1.27 bits per heavy atom. The van der Waals surface area contributed by atoms with Gasteiger partial charge in [-0.2, -0.15) is 5.10 Å². The zero-order valence-electron chi connectivity index (χ0n) is 14.0. The molecule has 1 aliphatic rings. The summed E-state index contributed by atoms with van der Waals surface area (Å²) in [6.45, 7) is 1.14. The van der Waals surface area contributed by atoms with E-state index in [-0.39, 0.29) is 18.3 Å². The summed E-state index contributed by atoms with van der Waals surface area (Å²) >= 11 is 5.84. The van der Waals surface area contributed by atoms with Gasteiger partial charge in [0.1, 0.15) is 18.1 Å². The summed E-state index contributed by atoms with van der Waals surface area (Å²) in [5.41, 5.74) is 0.658. The number of rotatable bonds is 7. The smallest absolute Gasteiger partial charge is 0.291 e. The number of hydrogen-bond donors (Lipinski definition) is 1. The summed E-state index contributed by atoms with van der Waals surface area (Å²) in [5, 5.41) is 7.70. The molecule has 2 aromatic heterocycles. The van der Waals surface area contributed by atoms with Crippen LogP contribution in [0.5, 0.6) is 5.75 Å². The largest absolute Gasteiger partial charge is 0.486 e. The molecule has 4 rings (SSSR count). The molecule has 0 aliphatic heterocycles. The predicted molar refractivity (Wildman–Crippen MR) is 97.4 cm³/mol. The van der Waals surface area contributed by atoms with Crippen molar-refractivity contribution in [1.29, 1.82) is 0 Å². The molecule has 1 aliphatic carbocycles. The molecule has 0 spiro atoms. The fraction of sp³-hybridized carbons (Fsp3) is 0.263. The van der Waals surface area contributed by atoms with Gasteiger partial charge < -0.3 is 14.5 Å². The van der Waals surface area contributed by atoms with Gasteiger partial charge in [-0.25, -0.2) is 0 Å². The summed E-state index contributed by atoms with van der Waals surface area (Å²) in [6, 6.07) is 10.4. The van der Waals surface area contributed by atoms with E-state index in [1.54, 1.807) is 42.6 Å². The van der Waals surface area contributed by atoms with Crippen LogP contribution in [0.4, 0.5) is 5.69 Å². The molecule has 134 valence electrons. The number of carbonyl (C=O) groups is 1. The van der Waals surface area contributed by atoms with Gasteiger partial charge >= 0.3 is 0 Å². The van der Waals surface area contributed by atoms with Crippen LogP contribution >= 0.6 is 11.6 Å². The van der Waals surface area contributed by atoms with Crippen LogP contribution < -0.4 is 10.1 Å². The van der Waals surface area contributed by atoms with Crippen LogP contribution in [0.3, 0.4) is 0 Å². The van der Waals surface area contributed by atoms with Crippen LogP contribution in [-0.4, -0.2) is 15.7 Å². The quantitative estimate of drug-likeness (QED) is 0.669. The molecule has 0 atom stereocenters. The van der Waals surface area contributed by atoms with E-state index in [9.17, 15) is 4.79 Å². The third-order valence-corrected chi connectivity index (χ3v) is 4.37. The van der Waals surface area contributed by atoms with Crippen molar-refractivity contribution in [3.63, 3.8) is 0 Å². The van der Waals surface area contributed by atoms with Gasteiger partial charge in [0.2, 0.25) is 0 Å². The normalized spacial score (nSPS) is 13.6. The van der Waals surface area contributed by atoms with E-state index in [1.807, 2.05) is 10.9 Å². The van der Waals surface area contributed by atoms with E-state index in [0.29, 0.717) is 22.2 Å². The first-order valence-corrected chi connectivity index (χ1v) is 8.84. The molecule has 1 saturated carbocycles. The lowest BCUT2D eigenvalue weighted by Gasteiger charge is -2.04. The van der Waals surface area contributed by atoms with Crippen molar-refractivity contribution in [2.45, 2.75) is 26.0 Å². The molecular formula is C19H18ClN3O3. The van der Waals surface area contributed by atoms with Crippen LogP contribution in [0.15, 0.2) is 53.2 Å². The fourth-order valence-corrected chi connectivity index (χ4v) is 2.67. The van der Waals surface area contributed by atoms with Crippen molar-refractivity contribution < 1.29 is 13.9 Å². The summed E-state index contributed by atoms with van der Waals surface area (Å²) in [7, 11) is 0. The molecule has 0 unspecified atom stereocenters. The summed E-state index contributed by atoms with van der Waals surface area (Å²) < 4.78 is 13.0. The topological polar surface area (TPSA) is 69.3 Å². The number of hydrogen-bond acceptors (Lipinski definition) is 4. The number of amides is 1. The van der Waals surface area contributed by atoms with Crippen molar-refractivity contribution in [1.82, 2.24) is 9.78 Å². The van der Waals surface area contributed by atoms with Crippen molar-refractivity contribution in [3.8, 4) is 5.75 Å². The minimum atomic E-state index is -0.311. The van der Waals surface area contributed by atoms with Gasteiger partial charge in [0.15, 0.2) is 5.76 Å². The molecule has 7 heteroatoms. The van der Waals surface area contributed by atoms with Crippen LogP contribution in [0.2, 0.25) is 5.02 Å². The maximum atomic E-state index is 12.3. The van der Waals surface area contributed by atoms with E-state index in [0.717, 1.165) is 12.5 Å². The van der Waals surface area contributed by atoms with E-state index in [2.05, 4.69) is 10.4 Å². The molecule has 3 aromatic rings. The van der Waals surface area contributed by atoms with E-state index >= 15 is 0 Å². The van der Waals surface area contributed by atoms with Crippen molar-refractivity contribution in [2.75, 3.05) is 5.32 Å². The number of ether oxygens (including phenoxy) is 1. The average Bonchev–Trinajstić information content (AvgIpc) is 3.14. The van der Waals surface area contributed by atoms with E-state index in [4.69, 9.17) is 20.8 Å². The number of anilines is 1. The van der Waals surface area contributed by atoms with Crippen molar-refractivity contribution >= 4 is 23.2 Å². The first kappa shape index (κ1) is 16.7. The van der Waals surface area contributed by atoms with Crippen molar-refractivity contribution in [3.05, 3.63) is 65.3 Å². The standard InChI is InChI=1S/C19H18ClN3O3/c20-14-3-5-16(6-4-14)25-12-17-7-8-18(26-17)19(24)22-15-9-21-23(11-15)10-13-1-2-13/h3-9,11,13H,1-2,10,12H2,(H,22,24). The Bertz CT molecular complexity index is 897. The van der Waals surface area contributed by atoms with Crippen LogP contribution in [0.1, 0.15) is 29.2 Å². The molecule has 6 nitrogen and oxygen atoms in total. The first-order chi connectivity index (χ1) is 12.7. The van der Waals surface area contributed by atoms with E-state index in [1.165, 1.54) is 12.8 Å². The Morgan fingerprint density at radius 2 is 2.08 bits per heavy atom. The Kier molecular flexibility index (Phi) is 4.67. The van der Waals surface area contributed by atoms with Gasteiger partial charge in [0.05, 0.1) is 11.9 Å². The summed E-state index contributed by atoms with van der Waals surface area (Å²) in [6.07, 6.45) is 6.00. The van der Waals surface area contributed by atoms with E-state index < -0.39 is 0 Å². The van der Waals surface area contributed by atoms with Crippen molar-refractivity contribution in [2.24, 2.45) is 5.92 Å². The van der Waals surface area contributed by atoms with Gasteiger partial charge in [-0.3, -0.25) is 9.48 Å². The van der Waals surface area contributed by atoms with Crippen LogP contribution in [0.25, 0.3) is 0 Å². The second kappa shape index (κ2) is 7.25. The lowest BCUT2D eigenvalue weighted by atomic mass is 10.3. The molecule has 1 fully saturated rings. The number of halogens is 1. The highest BCUT2D eigenvalue weighted by Crippen LogP contribution is 2.30. The second-order valence-corrected chi connectivity index (χ2v) is 6.79. The molecule has 0 saturated heterocycles. The molecule has 0 bridgehead atoms. The molecule has 1 amide bonds. The summed E-state index contributed by atoms with van der Waals surface area (Å²) in [4.78, 5) is 12.3. The second-order valence-electron chi connectivity index (χ2n) is 6.36. The minimum Gasteiger partial charge on any atom is -0.486 e. The number of nitrogens with one attached hydrogen (secondary N) is 1. The maximum Gasteiger partial charge on any atom is 0.291 e. The highest BCUT2D eigenvalue weighted by molar-refractivity contribution is 6.30. The number of furan rings is 1. The Hall–Kier alpha value is -2.73. The summed E-state index contributed by atoms with van der Waals surface area (Å²) in [5.74, 6) is 1.89. The van der Waals surface area contributed by atoms with Gasteiger partial charge in [-0.1, -0.05) is 11.6 Å². The van der Waals surface area contributed by atoms with Crippen LogP contribution in [0, 0.1) is 5.92 Å². The number of aromatic nitrogens is 2. The van der Waals surface area contributed by atoms with Gasteiger partial charge in [0.25, 0.3) is 5.91 Å². The highest BCUT2D eigenvalue weighted by atomic mass is 35.5. The monoisotopic (exact) mass is 371 g/mol. The molecular weight excluding hydrogens is 354 g/mol. The lowest BCUT2D eigenvalue weighted by Crippen LogP contribution is -2.10. The predicted octanol–water partition coefficient (Wildman–Crippen LogP) is 4.37. The number of nitrogens with zero attached hydrogens (tertiary/aromatic N) is 2. The minimum absolute atomic E-state index is 0.230. The molecule has 0 radical (unpaired) electrons. The highest BCUT2D eigenvalue weighted by Gasteiger charge is 2.22. The Morgan fingerprint density at radius 3 is 2.85 bits per heavy atom. The molecule has 2 heterocycles. The zero-order chi connectivity index (χ0) is 17.9. The third kappa shape index (κ3) is 4.26. The first-order valence-electron chi connectivity index (χ1n) is 8.46. The SMILES string of the molecule is O=C(Nc1cnn(CC2CC2)c1)c1ccc(COc2ccc(Cl)cc2)o1. The lowest BCUT2D eigenvalue weighted by molar-refractivity contribution is 0.0992.